The Morgan fingerprint density at radius 2 is 1.93 bits per heavy atom. The summed E-state index contributed by atoms with van der Waals surface area (Å²) < 4.78 is 5.10. The number of aryl methyl sites for hydroxylation is 2. The molecule has 0 atom stereocenters. The average Bonchev–Trinajstić information content (AvgIpc) is 2.27. The molecule has 0 fully saturated rings. The van der Waals surface area contributed by atoms with Crippen molar-refractivity contribution >= 4 is 23.4 Å². The molecule has 0 saturated carbocycles. The monoisotopic (exact) mass is 233 g/mol. The summed E-state index contributed by atoms with van der Waals surface area (Å²) in [5.41, 5.74) is 0.877. The fourth-order valence-corrected chi connectivity index (χ4v) is 1.80. The highest BCUT2D eigenvalue weighted by Crippen LogP contribution is 2.30. The molecule has 14 heavy (non-hydrogen) atoms. The number of aromatic nitrogens is 1. The van der Waals surface area contributed by atoms with E-state index < -0.39 is 0 Å². The lowest BCUT2D eigenvalue weighted by Crippen LogP contribution is -2.09. The van der Waals surface area contributed by atoms with Crippen LogP contribution in [0.15, 0.2) is 0 Å². The van der Waals surface area contributed by atoms with Crippen LogP contribution in [0.3, 0.4) is 0 Å². The minimum absolute atomic E-state index is 0.0354. The van der Waals surface area contributed by atoms with Crippen molar-refractivity contribution in [2.45, 2.75) is 39.4 Å². The van der Waals surface area contributed by atoms with Gasteiger partial charge in [-0.15, -0.1) is 4.33 Å². The number of thiazole rings is 1. The van der Waals surface area contributed by atoms with Gasteiger partial charge < -0.3 is 4.89 Å². The predicted molar refractivity (Wildman–Crippen MR) is 60.6 cm³/mol. The van der Waals surface area contributed by atoms with Gasteiger partial charge >= 0.3 is 0 Å². The van der Waals surface area contributed by atoms with Gasteiger partial charge in [0.05, 0.1) is 22.7 Å². The van der Waals surface area contributed by atoms with Crippen LogP contribution in [0.2, 0.25) is 0 Å². The maximum Gasteiger partial charge on any atom is 0.243 e. The zero-order valence-corrected chi connectivity index (χ0v) is 10.7. The third kappa shape index (κ3) is 3.86. The molecule has 0 bridgehead atoms. The standard InChI is InChI=1S/C9H15NO2S2/c1-6-8(13-7(2)10-6)11-12-14-9(3,4)5/h1-5H3. The fourth-order valence-electron chi connectivity index (χ4n) is 0.740. The van der Waals surface area contributed by atoms with Crippen LogP contribution in [0.1, 0.15) is 31.5 Å². The molecule has 0 saturated heterocycles. The van der Waals surface area contributed by atoms with Gasteiger partial charge in [-0.2, -0.15) is 0 Å². The van der Waals surface area contributed by atoms with Crippen molar-refractivity contribution in [1.29, 1.82) is 0 Å². The second-order valence-electron chi connectivity index (χ2n) is 3.95. The third-order valence-electron chi connectivity index (χ3n) is 1.25. The van der Waals surface area contributed by atoms with Crippen LogP contribution < -0.4 is 4.89 Å². The zero-order chi connectivity index (χ0) is 10.8. The van der Waals surface area contributed by atoms with Crippen molar-refractivity contribution in [3.05, 3.63) is 10.7 Å². The van der Waals surface area contributed by atoms with E-state index in [4.69, 9.17) is 9.22 Å². The fraction of sp³-hybridized carbons (Fsp3) is 0.667. The van der Waals surface area contributed by atoms with E-state index in [1.54, 1.807) is 0 Å². The molecule has 3 nitrogen and oxygen atoms in total. The predicted octanol–water partition coefficient (Wildman–Crippen LogP) is 3.52. The molecular weight excluding hydrogens is 218 g/mol. The van der Waals surface area contributed by atoms with Crippen LogP contribution in [-0.2, 0) is 4.33 Å². The van der Waals surface area contributed by atoms with Gasteiger partial charge in [0.25, 0.3) is 0 Å². The van der Waals surface area contributed by atoms with Gasteiger partial charge in [0, 0.05) is 4.75 Å². The van der Waals surface area contributed by atoms with Crippen molar-refractivity contribution in [2.75, 3.05) is 0 Å². The van der Waals surface area contributed by atoms with E-state index in [0.717, 1.165) is 15.8 Å². The van der Waals surface area contributed by atoms with E-state index in [0.29, 0.717) is 0 Å². The highest BCUT2D eigenvalue weighted by molar-refractivity contribution is 7.95. The van der Waals surface area contributed by atoms with E-state index >= 15 is 0 Å². The lowest BCUT2D eigenvalue weighted by atomic mass is 10.3. The minimum atomic E-state index is 0.0354. The molecule has 0 aliphatic carbocycles. The summed E-state index contributed by atoms with van der Waals surface area (Å²) >= 11 is 2.80. The van der Waals surface area contributed by atoms with Crippen LogP contribution in [0.25, 0.3) is 0 Å². The summed E-state index contributed by atoms with van der Waals surface area (Å²) in [5, 5.41) is 1.72. The molecule has 0 aromatic carbocycles. The van der Waals surface area contributed by atoms with Crippen molar-refractivity contribution in [1.82, 2.24) is 4.98 Å². The first-order valence-electron chi connectivity index (χ1n) is 4.35. The number of nitrogens with zero attached hydrogens (tertiary/aromatic N) is 1. The zero-order valence-electron chi connectivity index (χ0n) is 9.08. The summed E-state index contributed by atoms with van der Waals surface area (Å²) in [4.78, 5) is 9.38. The molecule has 1 heterocycles. The molecular formula is C9H15NO2S2. The number of hydrogen-bond donors (Lipinski definition) is 0. The molecule has 5 heteroatoms. The molecule has 80 valence electrons. The van der Waals surface area contributed by atoms with Crippen LogP contribution in [0.4, 0.5) is 0 Å². The second kappa shape index (κ2) is 4.51. The van der Waals surface area contributed by atoms with Crippen LogP contribution in [0.5, 0.6) is 5.06 Å². The maximum absolute atomic E-state index is 5.15. The Labute approximate surface area is 93.0 Å². The minimum Gasteiger partial charge on any atom is -0.312 e. The summed E-state index contributed by atoms with van der Waals surface area (Å²) in [5.74, 6) is 0. The first-order valence-corrected chi connectivity index (χ1v) is 5.91. The second-order valence-corrected chi connectivity index (χ2v) is 6.65. The molecule has 1 aromatic rings. The third-order valence-corrected chi connectivity index (χ3v) is 2.83. The van der Waals surface area contributed by atoms with Crippen LogP contribution in [0, 0.1) is 13.8 Å². The smallest absolute Gasteiger partial charge is 0.243 e. The van der Waals surface area contributed by atoms with Gasteiger partial charge in [-0.3, -0.25) is 0 Å². The number of rotatable bonds is 3. The molecule has 0 radical (unpaired) electrons. The Hall–Kier alpha value is -0.260. The molecule has 0 spiro atoms. The first-order chi connectivity index (χ1) is 6.38. The highest BCUT2D eigenvalue weighted by atomic mass is 32.2. The Bertz CT molecular complexity index is 304. The Balaban J connectivity index is 2.42. The molecule has 0 amide bonds. The Kier molecular flexibility index (Phi) is 3.80. The van der Waals surface area contributed by atoms with Gasteiger partial charge in [0.1, 0.15) is 0 Å². The van der Waals surface area contributed by atoms with Crippen molar-refractivity contribution in [3.8, 4) is 5.06 Å². The van der Waals surface area contributed by atoms with Crippen LogP contribution >= 0.6 is 23.4 Å². The van der Waals surface area contributed by atoms with Gasteiger partial charge in [-0.1, -0.05) is 11.3 Å². The van der Waals surface area contributed by atoms with Crippen molar-refractivity contribution in [2.24, 2.45) is 0 Å². The SMILES string of the molecule is Cc1nc(C)c(OOSC(C)(C)C)s1. The summed E-state index contributed by atoms with van der Waals surface area (Å²) in [6, 6.07) is 0. The topological polar surface area (TPSA) is 31.4 Å². The highest BCUT2D eigenvalue weighted by Gasteiger charge is 2.14. The van der Waals surface area contributed by atoms with E-state index in [1.165, 1.54) is 23.4 Å². The van der Waals surface area contributed by atoms with Crippen molar-refractivity contribution in [3.63, 3.8) is 0 Å². The van der Waals surface area contributed by atoms with Gasteiger partial charge in [-0.05, 0) is 34.6 Å². The molecule has 0 aliphatic heterocycles. The summed E-state index contributed by atoms with van der Waals surface area (Å²) in [6.45, 7) is 10.0. The lowest BCUT2D eigenvalue weighted by Gasteiger charge is -2.14. The molecule has 0 N–H and O–H groups in total. The summed E-state index contributed by atoms with van der Waals surface area (Å²) in [7, 11) is 0. The first kappa shape index (κ1) is 11.8. The maximum atomic E-state index is 5.15. The van der Waals surface area contributed by atoms with Crippen molar-refractivity contribution < 1.29 is 9.22 Å². The molecule has 1 rings (SSSR count). The van der Waals surface area contributed by atoms with E-state index in [2.05, 4.69) is 25.8 Å². The van der Waals surface area contributed by atoms with E-state index in [1.807, 2.05) is 13.8 Å². The van der Waals surface area contributed by atoms with E-state index in [9.17, 15) is 0 Å². The number of hydrogen-bond acceptors (Lipinski definition) is 5. The quantitative estimate of drug-likeness (QED) is 0.454. The molecule has 1 aromatic heterocycles. The largest absolute Gasteiger partial charge is 0.312 e. The van der Waals surface area contributed by atoms with Gasteiger partial charge in [0.15, 0.2) is 0 Å². The van der Waals surface area contributed by atoms with Gasteiger partial charge in [0.2, 0.25) is 5.06 Å². The average molecular weight is 233 g/mol. The van der Waals surface area contributed by atoms with Crippen LogP contribution in [-0.4, -0.2) is 9.73 Å². The summed E-state index contributed by atoms with van der Waals surface area (Å²) in [6.07, 6.45) is 0. The normalized spacial score (nSPS) is 11.8. The van der Waals surface area contributed by atoms with E-state index in [-0.39, 0.29) is 4.75 Å². The molecule has 0 aliphatic rings. The lowest BCUT2D eigenvalue weighted by molar-refractivity contribution is -0.0760. The molecule has 0 unspecified atom stereocenters. The van der Waals surface area contributed by atoms with Gasteiger partial charge in [-0.25, -0.2) is 4.98 Å². The Morgan fingerprint density at radius 1 is 1.29 bits per heavy atom. The Morgan fingerprint density at radius 3 is 2.36 bits per heavy atom.